The first-order valence-electron chi connectivity index (χ1n) is 9.80. The van der Waals surface area contributed by atoms with Crippen LogP contribution >= 0.6 is 0 Å². The van der Waals surface area contributed by atoms with Crippen molar-refractivity contribution < 1.29 is 34.4 Å². The Kier molecular flexibility index (Phi) is 6.94. The number of Topliss-reactive ketones (excluding diaryl/α,β-unsaturated/α-hetero) is 1. The van der Waals surface area contributed by atoms with E-state index in [1.807, 2.05) is 6.92 Å². The molecule has 164 valence electrons. The van der Waals surface area contributed by atoms with Gasteiger partial charge in [0, 0.05) is 12.1 Å². The van der Waals surface area contributed by atoms with Gasteiger partial charge in [0.05, 0.1) is 38.5 Å². The summed E-state index contributed by atoms with van der Waals surface area (Å²) in [5.74, 6) is -1.77. The van der Waals surface area contributed by atoms with Gasteiger partial charge in [0.2, 0.25) is 0 Å². The molecule has 3 N–H and O–H groups in total. The highest BCUT2D eigenvalue weighted by atomic mass is 16.5. The zero-order chi connectivity index (χ0) is 22.5. The third-order valence-corrected chi connectivity index (χ3v) is 5.10. The van der Waals surface area contributed by atoms with Gasteiger partial charge in [-0.3, -0.25) is 9.59 Å². The van der Waals surface area contributed by atoms with E-state index in [4.69, 9.17) is 14.6 Å². The second kappa shape index (κ2) is 9.63. The molecule has 1 atom stereocenters. The van der Waals surface area contributed by atoms with Gasteiger partial charge < -0.3 is 29.7 Å². The molecular weight excluding hydrogens is 402 g/mol. The molecule has 31 heavy (non-hydrogen) atoms. The molecule has 1 saturated heterocycles. The van der Waals surface area contributed by atoms with Gasteiger partial charge in [0.15, 0.2) is 11.5 Å². The van der Waals surface area contributed by atoms with Gasteiger partial charge in [-0.05, 0) is 24.6 Å². The van der Waals surface area contributed by atoms with E-state index in [1.165, 1.54) is 24.1 Å². The van der Waals surface area contributed by atoms with Crippen LogP contribution in [0.4, 0.5) is 0 Å². The molecule has 1 aliphatic rings. The van der Waals surface area contributed by atoms with Crippen LogP contribution in [0.15, 0.2) is 48.0 Å². The predicted octanol–water partition coefficient (Wildman–Crippen LogP) is 2.14. The average molecular weight is 427 g/mol. The quantitative estimate of drug-likeness (QED) is 0.256. The Bertz CT molecular complexity index is 997. The van der Waals surface area contributed by atoms with Gasteiger partial charge in [-0.2, -0.15) is 0 Å². The number of carbonyl (C=O) groups is 2. The van der Waals surface area contributed by atoms with Crippen molar-refractivity contribution in [1.82, 2.24) is 4.90 Å². The number of phenols is 1. The van der Waals surface area contributed by atoms with Crippen molar-refractivity contribution in [1.29, 1.82) is 0 Å². The molecule has 0 spiro atoms. The molecule has 2 aromatic carbocycles. The van der Waals surface area contributed by atoms with Crippen molar-refractivity contribution in [3.63, 3.8) is 0 Å². The predicted molar refractivity (Wildman–Crippen MR) is 113 cm³/mol. The van der Waals surface area contributed by atoms with Gasteiger partial charge in [-0.1, -0.05) is 35.9 Å². The summed E-state index contributed by atoms with van der Waals surface area (Å²) in [6.07, 6.45) is 0. The zero-order valence-corrected chi connectivity index (χ0v) is 17.4. The fourth-order valence-electron chi connectivity index (χ4n) is 3.52. The summed E-state index contributed by atoms with van der Waals surface area (Å²) in [6, 6.07) is 10.6. The highest BCUT2D eigenvalue weighted by Crippen LogP contribution is 2.41. The maximum atomic E-state index is 12.9. The van der Waals surface area contributed by atoms with E-state index in [1.54, 1.807) is 30.3 Å². The van der Waals surface area contributed by atoms with E-state index < -0.39 is 17.7 Å². The number of phenolic OH excluding ortho intramolecular Hbond substituents is 1. The molecule has 2 aromatic rings. The van der Waals surface area contributed by atoms with Crippen molar-refractivity contribution in [3.05, 3.63) is 64.7 Å². The second-order valence-corrected chi connectivity index (χ2v) is 7.13. The summed E-state index contributed by atoms with van der Waals surface area (Å²) in [7, 11) is 1.39. The van der Waals surface area contributed by atoms with E-state index in [9.17, 15) is 19.8 Å². The number of ether oxygens (including phenoxy) is 2. The number of carbonyl (C=O) groups excluding carboxylic acids is 2. The maximum absolute atomic E-state index is 12.9. The molecule has 0 aliphatic carbocycles. The smallest absolute Gasteiger partial charge is 0.295 e. The second-order valence-electron chi connectivity index (χ2n) is 7.13. The van der Waals surface area contributed by atoms with Gasteiger partial charge in [-0.15, -0.1) is 0 Å². The number of nitrogens with zero attached hydrogens (tertiary/aromatic N) is 1. The van der Waals surface area contributed by atoms with Crippen molar-refractivity contribution in [2.45, 2.75) is 13.0 Å². The van der Waals surface area contributed by atoms with E-state index in [2.05, 4.69) is 0 Å². The molecule has 3 rings (SSSR count). The lowest BCUT2D eigenvalue weighted by molar-refractivity contribution is -0.140. The van der Waals surface area contributed by atoms with Gasteiger partial charge in [0.1, 0.15) is 5.76 Å². The number of hydrogen-bond donors (Lipinski definition) is 3. The standard InChI is InChI=1S/C23H25NO7/c1-14-3-5-15(6-4-14)21(27)19-20(16-7-8-17(26)18(13-16)30-2)24(23(29)22(19)28)9-11-31-12-10-25/h3-8,13,20,25-27H,9-12H2,1-2H3. The lowest BCUT2D eigenvalue weighted by Gasteiger charge is -2.25. The van der Waals surface area contributed by atoms with Crippen molar-refractivity contribution >= 4 is 17.4 Å². The largest absolute Gasteiger partial charge is 0.507 e. The van der Waals surface area contributed by atoms with Crippen LogP contribution in [0.1, 0.15) is 22.7 Å². The third-order valence-electron chi connectivity index (χ3n) is 5.10. The highest BCUT2D eigenvalue weighted by Gasteiger charge is 2.46. The Labute approximate surface area is 180 Å². The number of benzene rings is 2. The van der Waals surface area contributed by atoms with Crippen molar-refractivity contribution in [2.24, 2.45) is 0 Å². The first-order valence-corrected chi connectivity index (χ1v) is 9.80. The maximum Gasteiger partial charge on any atom is 0.295 e. The van der Waals surface area contributed by atoms with Gasteiger partial charge in [-0.25, -0.2) is 0 Å². The minimum absolute atomic E-state index is 0.0521. The topological polar surface area (TPSA) is 117 Å². The van der Waals surface area contributed by atoms with Crippen molar-refractivity contribution in [2.75, 3.05) is 33.5 Å². The Morgan fingerprint density at radius 3 is 2.45 bits per heavy atom. The SMILES string of the molecule is COc1cc(C2C(=C(O)c3ccc(C)cc3)C(=O)C(=O)N2CCOCCO)ccc1O. The molecular formula is C23H25NO7. The van der Waals surface area contributed by atoms with Crippen LogP contribution in [-0.2, 0) is 14.3 Å². The Morgan fingerprint density at radius 2 is 1.81 bits per heavy atom. The molecule has 0 radical (unpaired) electrons. The normalized spacial score (nSPS) is 17.9. The van der Waals surface area contributed by atoms with Crippen LogP contribution in [0.3, 0.4) is 0 Å². The summed E-state index contributed by atoms with van der Waals surface area (Å²) >= 11 is 0. The average Bonchev–Trinajstić information content (AvgIpc) is 3.02. The number of aliphatic hydroxyl groups excluding tert-OH is 2. The monoisotopic (exact) mass is 427 g/mol. The first kappa shape index (κ1) is 22.3. The van der Waals surface area contributed by atoms with Crippen LogP contribution < -0.4 is 4.74 Å². The number of aliphatic hydroxyl groups is 2. The minimum Gasteiger partial charge on any atom is -0.507 e. The lowest BCUT2D eigenvalue weighted by atomic mass is 9.94. The number of hydrogen-bond acceptors (Lipinski definition) is 7. The van der Waals surface area contributed by atoms with Crippen LogP contribution in [0.5, 0.6) is 11.5 Å². The highest BCUT2D eigenvalue weighted by molar-refractivity contribution is 6.46. The molecule has 1 heterocycles. The number of likely N-dealkylation sites (tertiary alicyclic amines) is 1. The number of aromatic hydroxyl groups is 1. The van der Waals surface area contributed by atoms with Crippen LogP contribution in [0, 0.1) is 6.92 Å². The summed E-state index contributed by atoms with van der Waals surface area (Å²) in [5, 5.41) is 29.8. The Hall–Kier alpha value is -3.36. The molecule has 0 bridgehead atoms. The van der Waals surface area contributed by atoms with Crippen LogP contribution in [0.2, 0.25) is 0 Å². The van der Waals surface area contributed by atoms with Crippen LogP contribution in [-0.4, -0.2) is 65.4 Å². The first-order chi connectivity index (χ1) is 14.9. The summed E-state index contributed by atoms with van der Waals surface area (Å²) < 4.78 is 10.4. The number of rotatable bonds is 8. The summed E-state index contributed by atoms with van der Waals surface area (Å²) in [6.45, 7) is 2.01. The summed E-state index contributed by atoms with van der Waals surface area (Å²) in [4.78, 5) is 27.1. The van der Waals surface area contributed by atoms with Crippen LogP contribution in [0.25, 0.3) is 5.76 Å². The van der Waals surface area contributed by atoms with E-state index in [0.717, 1.165) is 5.56 Å². The molecule has 1 aliphatic heterocycles. The molecule has 0 aromatic heterocycles. The van der Waals surface area contributed by atoms with E-state index in [0.29, 0.717) is 11.1 Å². The van der Waals surface area contributed by atoms with Gasteiger partial charge in [0.25, 0.3) is 11.7 Å². The fraction of sp³-hybridized carbons (Fsp3) is 0.304. The van der Waals surface area contributed by atoms with Gasteiger partial charge >= 0.3 is 0 Å². The fourth-order valence-corrected chi connectivity index (χ4v) is 3.52. The molecule has 1 amide bonds. The molecule has 1 unspecified atom stereocenters. The molecule has 8 nitrogen and oxygen atoms in total. The number of ketones is 1. The molecule has 0 saturated carbocycles. The van der Waals surface area contributed by atoms with Crippen molar-refractivity contribution in [3.8, 4) is 11.5 Å². The minimum atomic E-state index is -0.895. The summed E-state index contributed by atoms with van der Waals surface area (Å²) in [5.41, 5.74) is 1.84. The number of amides is 1. The van der Waals surface area contributed by atoms with E-state index in [-0.39, 0.29) is 49.2 Å². The zero-order valence-electron chi connectivity index (χ0n) is 17.4. The lowest BCUT2D eigenvalue weighted by Crippen LogP contribution is -2.33. The molecule has 8 heteroatoms. The number of aryl methyl sites for hydroxylation is 1. The Balaban J connectivity index is 2.10. The third kappa shape index (κ3) is 4.55. The van der Waals surface area contributed by atoms with E-state index >= 15 is 0 Å². The Morgan fingerprint density at radius 1 is 1.10 bits per heavy atom. The molecule has 1 fully saturated rings. The number of methoxy groups -OCH3 is 1.